The van der Waals surface area contributed by atoms with Crippen LogP contribution in [0.5, 0.6) is 5.75 Å². The molecule has 0 saturated carbocycles. The number of rotatable bonds is 4. The van der Waals surface area contributed by atoms with E-state index >= 15 is 0 Å². The Bertz CT molecular complexity index is 397. The van der Waals surface area contributed by atoms with Crippen molar-refractivity contribution in [2.75, 3.05) is 27.4 Å². The quantitative estimate of drug-likeness (QED) is 0.890. The Morgan fingerprint density at radius 2 is 2.33 bits per heavy atom. The molecule has 1 fully saturated rings. The average Bonchev–Trinajstić information content (AvgIpc) is 2.42. The Labute approximate surface area is 107 Å². The van der Waals surface area contributed by atoms with Crippen molar-refractivity contribution >= 4 is 0 Å². The lowest BCUT2D eigenvalue weighted by atomic mass is 9.89. The van der Waals surface area contributed by atoms with E-state index in [1.807, 2.05) is 19.2 Å². The van der Waals surface area contributed by atoms with Gasteiger partial charge in [-0.05, 0) is 31.5 Å². The lowest BCUT2D eigenvalue weighted by molar-refractivity contribution is 0.0339. The zero-order valence-electron chi connectivity index (χ0n) is 10.9. The van der Waals surface area contributed by atoms with Gasteiger partial charge in [0, 0.05) is 18.6 Å². The van der Waals surface area contributed by atoms with E-state index < -0.39 is 0 Å². The second-order valence-electron chi connectivity index (χ2n) is 4.66. The maximum absolute atomic E-state index is 14.1. The van der Waals surface area contributed by atoms with Crippen molar-refractivity contribution in [1.82, 2.24) is 5.32 Å². The smallest absolute Gasteiger partial charge is 0.168 e. The molecule has 3 nitrogen and oxygen atoms in total. The normalized spacial score (nSPS) is 23.9. The molecule has 0 spiro atoms. The van der Waals surface area contributed by atoms with Crippen LogP contribution >= 0.6 is 0 Å². The highest BCUT2D eigenvalue weighted by atomic mass is 19.1. The first-order valence-electron chi connectivity index (χ1n) is 6.32. The summed E-state index contributed by atoms with van der Waals surface area (Å²) >= 11 is 0. The minimum atomic E-state index is -0.250. The number of hydrogen-bond acceptors (Lipinski definition) is 3. The lowest BCUT2D eigenvalue weighted by Gasteiger charge is -2.31. The third-order valence-electron chi connectivity index (χ3n) is 3.59. The minimum Gasteiger partial charge on any atom is -0.494 e. The van der Waals surface area contributed by atoms with Gasteiger partial charge in [-0.3, -0.25) is 0 Å². The van der Waals surface area contributed by atoms with Crippen molar-refractivity contribution in [3.8, 4) is 5.75 Å². The number of nitrogens with one attached hydrogen (secondary N) is 1. The van der Waals surface area contributed by atoms with E-state index in [4.69, 9.17) is 9.47 Å². The Kier molecular flexibility index (Phi) is 4.55. The molecule has 0 bridgehead atoms. The molecule has 0 aromatic heterocycles. The molecule has 18 heavy (non-hydrogen) atoms. The van der Waals surface area contributed by atoms with Gasteiger partial charge in [0.15, 0.2) is 11.6 Å². The number of ether oxygens (including phenoxy) is 2. The maximum atomic E-state index is 14.1. The van der Waals surface area contributed by atoms with E-state index in [1.54, 1.807) is 6.07 Å². The molecule has 1 aliphatic rings. The van der Waals surface area contributed by atoms with E-state index in [2.05, 4.69) is 5.32 Å². The van der Waals surface area contributed by atoms with Crippen molar-refractivity contribution in [3.05, 3.63) is 29.6 Å². The van der Waals surface area contributed by atoms with Crippen molar-refractivity contribution in [2.24, 2.45) is 5.92 Å². The van der Waals surface area contributed by atoms with Gasteiger partial charge >= 0.3 is 0 Å². The summed E-state index contributed by atoms with van der Waals surface area (Å²) in [6.07, 6.45) is 1.65. The number of methoxy groups -OCH3 is 1. The van der Waals surface area contributed by atoms with Crippen LogP contribution in [0.2, 0.25) is 0 Å². The van der Waals surface area contributed by atoms with Gasteiger partial charge in [0.2, 0.25) is 0 Å². The predicted octanol–water partition coefficient (Wildman–Crippen LogP) is 2.00. The molecule has 2 unspecified atom stereocenters. The fraction of sp³-hybridized carbons (Fsp3) is 0.571. The van der Waals surface area contributed by atoms with Gasteiger partial charge in [0.05, 0.1) is 13.7 Å². The van der Waals surface area contributed by atoms with Crippen LogP contribution in [0.15, 0.2) is 18.2 Å². The summed E-state index contributed by atoms with van der Waals surface area (Å²) in [6.45, 7) is 1.46. The standard InChI is InChI=1S/C14H20FNO2/c1-16-12-6-7-18-9-11(12)8-10-4-3-5-13(17-2)14(10)15/h3-5,11-12,16H,6-9H2,1-2H3. The molecule has 100 valence electrons. The molecular formula is C14H20FNO2. The molecule has 1 N–H and O–H groups in total. The third kappa shape index (κ3) is 2.82. The first kappa shape index (κ1) is 13.3. The minimum absolute atomic E-state index is 0.250. The van der Waals surface area contributed by atoms with Crippen LogP contribution in [0.1, 0.15) is 12.0 Å². The Balaban J connectivity index is 2.12. The summed E-state index contributed by atoms with van der Waals surface area (Å²) in [5, 5.41) is 3.29. The van der Waals surface area contributed by atoms with Crippen LogP contribution in [0.3, 0.4) is 0 Å². The van der Waals surface area contributed by atoms with E-state index in [0.717, 1.165) is 13.0 Å². The second kappa shape index (κ2) is 6.16. The number of halogens is 1. The SMILES string of the molecule is CNC1CCOCC1Cc1cccc(OC)c1F. The van der Waals surface area contributed by atoms with E-state index in [9.17, 15) is 4.39 Å². The fourth-order valence-electron chi connectivity index (χ4n) is 2.53. The van der Waals surface area contributed by atoms with Crippen molar-refractivity contribution < 1.29 is 13.9 Å². The van der Waals surface area contributed by atoms with Crippen LogP contribution in [-0.2, 0) is 11.2 Å². The molecule has 2 rings (SSSR count). The largest absolute Gasteiger partial charge is 0.494 e. The molecule has 1 aromatic rings. The zero-order chi connectivity index (χ0) is 13.0. The van der Waals surface area contributed by atoms with Crippen LogP contribution in [-0.4, -0.2) is 33.4 Å². The van der Waals surface area contributed by atoms with Gasteiger partial charge < -0.3 is 14.8 Å². The lowest BCUT2D eigenvalue weighted by Crippen LogP contribution is -2.42. The van der Waals surface area contributed by atoms with Crippen LogP contribution < -0.4 is 10.1 Å². The topological polar surface area (TPSA) is 30.5 Å². The Morgan fingerprint density at radius 1 is 1.50 bits per heavy atom. The zero-order valence-corrected chi connectivity index (χ0v) is 10.9. The Morgan fingerprint density at radius 3 is 3.06 bits per heavy atom. The van der Waals surface area contributed by atoms with Gasteiger partial charge in [-0.15, -0.1) is 0 Å². The van der Waals surface area contributed by atoms with E-state index in [1.165, 1.54) is 7.11 Å². The van der Waals surface area contributed by atoms with Crippen LogP contribution in [0, 0.1) is 11.7 Å². The summed E-state index contributed by atoms with van der Waals surface area (Å²) < 4.78 is 24.6. The van der Waals surface area contributed by atoms with Crippen molar-refractivity contribution in [1.29, 1.82) is 0 Å². The summed E-state index contributed by atoms with van der Waals surface area (Å²) in [6, 6.07) is 5.68. The van der Waals surface area contributed by atoms with E-state index in [0.29, 0.717) is 36.3 Å². The summed E-state index contributed by atoms with van der Waals surface area (Å²) in [7, 11) is 3.44. The first-order valence-corrected chi connectivity index (χ1v) is 6.32. The molecule has 1 heterocycles. The van der Waals surface area contributed by atoms with Gasteiger partial charge in [-0.1, -0.05) is 12.1 Å². The second-order valence-corrected chi connectivity index (χ2v) is 4.66. The van der Waals surface area contributed by atoms with Crippen LogP contribution in [0.25, 0.3) is 0 Å². The third-order valence-corrected chi connectivity index (χ3v) is 3.59. The molecule has 1 saturated heterocycles. The molecule has 4 heteroatoms. The predicted molar refractivity (Wildman–Crippen MR) is 68.4 cm³/mol. The van der Waals surface area contributed by atoms with Gasteiger partial charge in [-0.25, -0.2) is 4.39 Å². The molecule has 0 aliphatic carbocycles. The summed E-state index contributed by atoms with van der Waals surface area (Å²) in [5.74, 6) is 0.371. The summed E-state index contributed by atoms with van der Waals surface area (Å²) in [4.78, 5) is 0. The van der Waals surface area contributed by atoms with Crippen LogP contribution in [0.4, 0.5) is 4.39 Å². The highest BCUT2D eigenvalue weighted by Crippen LogP contribution is 2.25. The molecular weight excluding hydrogens is 233 g/mol. The monoisotopic (exact) mass is 253 g/mol. The molecule has 0 radical (unpaired) electrons. The summed E-state index contributed by atoms with van der Waals surface area (Å²) in [5.41, 5.74) is 0.699. The molecule has 2 atom stereocenters. The van der Waals surface area contributed by atoms with Gasteiger partial charge in [0.25, 0.3) is 0 Å². The van der Waals surface area contributed by atoms with Crippen molar-refractivity contribution in [3.63, 3.8) is 0 Å². The number of hydrogen-bond donors (Lipinski definition) is 1. The fourth-order valence-corrected chi connectivity index (χ4v) is 2.53. The maximum Gasteiger partial charge on any atom is 0.168 e. The Hall–Kier alpha value is -1.13. The van der Waals surface area contributed by atoms with E-state index in [-0.39, 0.29) is 5.82 Å². The van der Waals surface area contributed by atoms with Gasteiger partial charge in [-0.2, -0.15) is 0 Å². The molecule has 0 amide bonds. The molecule has 1 aromatic carbocycles. The first-order chi connectivity index (χ1) is 8.76. The highest BCUT2D eigenvalue weighted by Gasteiger charge is 2.25. The highest BCUT2D eigenvalue weighted by molar-refractivity contribution is 5.31. The van der Waals surface area contributed by atoms with Crippen molar-refractivity contribution in [2.45, 2.75) is 18.9 Å². The van der Waals surface area contributed by atoms with Gasteiger partial charge in [0.1, 0.15) is 0 Å². The number of benzene rings is 1. The average molecular weight is 253 g/mol. The molecule has 1 aliphatic heterocycles.